The average molecular weight is 784 g/mol. The molecule has 0 N–H and O–H groups in total. The molecule has 0 bridgehead atoms. The Labute approximate surface area is 300 Å². The Bertz CT molecular complexity index is 1790. The molecule has 0 atom stereocenters. The van der Waals surface area contributed by atoms with E-state index in [1.165, 1.54) is 91.0 Å². The molecule has 46 heavy (non-hydrogen) atoms. The molecule has 0 unspecified atom stereocenters. The van der Waals surface area contributed by atoms with E-state index in [2.05, 4.69) is 90.1 Å². The van der Waals surface area contributed by atoms with Crippen molar-refractivity contribution in [2.45, 2.75) is 67.2 Å². The van der Waals surface area contributed by atoms with E-state index in [1.807, 2.05) is 48.5 Å². The first-order valence-electron chi connectivity index (χ1n) is 15.9. The Balaban J connectivity index is 0.000000158. The van der Waals surface area contributed by atoms with Crippen molar-refractivity contribution in [1.82, 2.24) is 0 Å². The molecule has 6 aromatic carbocycles. The van der Waals surface area contributed by atoms with Crippen LogP contribution in [0, 0.1) is 27.7 Å². The number of fused-ring (bicyclic) bond motifs is 2. The van der Waals surface area contributed by atoms with Crippen LogP contribution in [0.2, 0.25) is 10.0 Å². The molecule has 0 aliphatic rings. The zero-order valence-corrected chi connectivity index (χ0v) is 34.1. The van der Waals surface area contributed by atoms with Crippen molar-refractivity contribution >= 4 is 77.6 Å². The summed E-state index contributed by atoms with van der Waals surface area (Å²) in [5.74, 6) is 0. The van der Waals surface area contributed by atoms with Gasteiger partial charge in [0.1, 0.15) is 0 Å². The molecular formula is C40H42Cl4SiZr-2. The van der Waals surface area contributed by atoms with Crippen LogP contribution in [-0.4, -0.2) is 5.43 Å². The molecule has 0 nitrogen and oxygen atoms in total. The van der Waals surface area contributed by atoms with E-state index in [9.17, 15) is 0 Å². The predicted molar refractivity (Wildman–Crippen MR) is 206 cm³/mol. The molecule has 0 radical (unpaired) electrons. The standard InChI is InChI=1S/2C14H17.C12H8Cl2Si.2ClH.Zr/c2*1-4-5-12-7-6-11(3)13-8-10(2)9-14(12)13;13-9-1-5-11(6-2-9)15-12-7-3-10(14)4-8-12;;;/h2*6-9H,4-5H2,1-3H3;1-8H;2*1H;/q2*-1;;;;+2/p-2. The second-order valence-electron chi connectivity index (χ2n) is 12.0. The molecule has 0 saturated heterocycles. The van der Waals surface area contributed by atoms with E-state index in [-0.39, 0.29) is 0 Å². The summed E-state index contributed by atoms with van der Waals surface area (Å²) in [6.07, 6.45) is 4.84. The van der Waals surface area contributed by atoms with E-state index in [0.717, 1.165) is 10.0 Å². The van der Waals surface area contributed by atoms with Gasteiger partial charge in [-0.2, -0.15) is 12.1 Å². The van der Waals surface area contributed by atoms with E-state index in [4.69, 9.17) is 40.2 Å². The first kappa shape index (κ1) is 37.2. The van der Waals surface area contributed by atoms with Crippen molar-refractivity contribution in [3.63, 3.8) is 0 Å². The average Bonchev–Trinajstić information content (AvgIpc) is 3.62. The topological polar surface area (TPSA) is 0 Å². The summed E-state index contributed by atoms with van der Waals surface area (Å²) in [6, 6.07) is 33.9. The van der Waals surface area contributed by atoms with Gasteiger partial charge < -0.3 is 0 Å². The van der Waals surface area contributed by atoms with Crippen LogP contribution in [0.1, 0.15) is 60.1 Å². The zero-order chi connectivity index (χ0) is 33.4. The number of hydrogen-bond donors (Lipinski definition) is 0. The van der Waals surface area contributed by atoms with E-state index in [1.54, 1.807) is 0 Å². The van der Waals surface area contributed by atoms with Crippen LogP contribution in [0.3, 0.4) is 0 Å². The van der Waals surface area contributed by atoms with Crippen LogP contribution in [-0.2, 0) is 30.8 Å². The van der Waals surface area contributed by atoms with Gasteiger partial charge in [0.25, 0.3) is 0 Å². The molecule has 0 aliphatic carbocycles. The van der Waals surface area contributed by atoms with Gasteiger partial charge in [-0.25, -0.2) is 0 Å². The van der Waals surface area contributed by atoms with Gasteiger partial charge in [0.2, 0.25) is 0 Å². The molecule has 0 aromatic heterocycles. The minimum atomic E-state index is -2.38. The van der Waals surface area contributed by atoms with Crippen molar-refractivity contribution in [1.29, 1.82) is 0 Å². The molecule has 0 fully saturated rings. The maximum atomic E-state index is 6.33. The SMILES string of the molecule is CCCc1ccc(C)c2[cH-]c(C)cc12.CCCc1ccc(C)c2[cH-]c(C)cc12.Clc1ccc([Si](c2ccc(Cl)cc2)=[Zr]([Cl])[Cl])cc1. The quantitative estimate of drug-likeness (QED) is 0.117. The van der Waals surface area contributed by atoms with Gasteiger partial charge >= 0.3 is 133 Å². The Morgan fingerprint density at radius 1 is 0.565 bits per heavy atom. The Hall–Kier alpha value is -1.64. The molecule has 0 aliphatic heterocycles. The van der Waals surface area contributed by atoms with Crippen molar-refractivity contribution in [3.05, 3.63) is 140 Å². The molecule has 0 amide bonds. The summed E-state index contributed by atoms with van der Waals surface area (Å²) in [6.45, 7) is 13.2. The fourth-order valence-electron chi connectivity index (χ4n) is 5.89. The van der Waals surface area contributed by atoms with Gasteiger partial charge in [-0.05, 0) is 12.8 Å². The van der Waals surface area contributed by atoms with Gasteiger partial charge in [-0.1, -0.05) is 77.6 Å². The van der Waals surface area contributed by atoms with Gasteiger partial charge in [-0.3, -0.25) is 0 Å². The Morgan fingerprint density at radius 2 is 0.935 bits per heavy atom. The first-order chi connectivity index (χ1) is 22.0. The Kier molecular flexibility index (Phi) is 14.3. The number of halogens is 4. The fraction of sp³-hybridized carbons (Fsp3) is 0.250. The summed E-state index contributed by atoms with van der Waals surface area (Å²) < 4.78 is 0. The monoisotopic (exact) mass is 780 g/mol. The zero-order valence-electron chi connectivity index (χ0n) is 27.6. The molecule has 0 spiro atoms. The van der Waals surface area contributed by atoms with Crippen molar-refractivity contribution in [2.24, 2.45) is 0 Å². The molecule has 6 aromatic rings. The first-order valence-corrected chi connectivity index (χ1v) is 28.2. The second-order valence-corrected chi connectivity index (χ2v) is 32.0. The fourth-order valence-corrected chi connectivity index (χ4v) is 21.3. The summed E-state index contributed by atoms with van der Waals surface area (Å²) in [4.78, 5) is 0. The van der Waals surface area contributed by atoms with Crippen LogP contribution < -0.4 is 10.4 Å². The molecule has 6 heteroatoms. The molecule has 6 rings (SSSR count). The summed E-state index contributed by atoms with van der Waals surface area (Å²) in [5, 5.41) is 9.68. The van der Waals surface area contributed by atoms with E-state index < -0.39 is 23.4 Å². The van der Waals surface area contributed by atoms with Gasteiger partial charge in [0.05, 0.1) is 0 Å². The summed E-state index contributed by atoms with van der Waals surface area (Å²) in [7, 11) is 12.7. The third kappa shape index (κ3) is 9.72. The van der Waals surface area contributed by atoms with Crippen LogP contribution in [0.15, 0.2) is 97.1 Å². The van der Waals surface area contributed by atoms with E-state index >= 15 is 0 Å². The number of rotatable bonds is 6. The number of aryl methyl sites for hydroxylation is 6. The summed E-state index contributed by atoms with van der Waals surface area (Å²) >= 11 is 9.43. The van der Waals surface area contributed by atoms with E-state index in [0.29, 0.717) is 0 Å². The molecule has 0 heterocycles. The number of hydrogen-bond acceptors (Lipinski definition) is 0. The van der Waals surface area contributed by atoms with Crippen LogP contribution in [0.5, 0.6) is 0 Å². The van der Waals surface area contributed by atoms with Crippen molar-refractivity contribution in [3.8, 4) is 0 Å². The Morgan fingerprint density at radius 3 is 1.26 bits per heavy atom. The van der Waals surface area contributed by atoms with Crippen molar-refractivity contribution < 1.29 is 18.0 Å². The van der Waals surface area contributed by atoms with Crippen LogP contribution in [0.25, 0.3) is 21.5 Å². The van der Waals surface area contributed by atoms with Crippen molar-refractivity contribution in [2.75, 3.05) is 0 Å². The second kappa shape index (κ2) is 17.7. The van der Waals surface area contributed by atoms with Gasteiger partial charge in [-0.15, -0.1) is 68.1 Å². The van der Waals surface area contributed by atoms with Gasteiger partial charge in [0, 0.05) is 0 Å². The maximum absolute atomic E-state index is 6.33. The minimum absolute atomic E-state index is 0.727. The van der Waals surface area contributed by atoms with Crippen LogP contribution in [0.4, 0.5) is 0 Å². The number of benzene rings is 4. The normalized spacial score (nSPS) is 10.7. The third-order valence-corrected chi connectivity index (χ3v) is 24.6. The third-order valence-electron chi connectivity index (χ3n) is 8.17. The molecule has 240 valence electrons. The van der Waals surface area contributed by atoms with Gasteiger partial charge in [0.15, 0.2) is 0 Å². The molecular weight excluding hydrogens is 742 g/mol. The summed E-state index contributed by atoms with van der Waals surface area (Å²) in [5.41, 5.74) is 7.52. The molecule has 0 saturated carbocycles. The van der Waals surface area contributed by atoms with Crippen LogP contribution >= 0.6 is 40.2 Å². The predicted octanol–water partition coefficient (Wildman–Crippen LogP) is 12.3.